The molecule has 1 atom stereocenters. The lowest BCUT2D eigenvalue weighted by molar-refractivity contribution is -0.384. The van der Waals surface area contributed by atoms with Gasteiger partial charge in [-0.1, -0.05) is 13.3 Å². The summed E-state index contributed by atoms with van der Waals surface area (Å²) in [5.74, 6) is -0.743. The number of nitrogens with one attached hydrogen (secondary N) is 1. The van der Waals surface area contributed by atoms with Crippen molar-refractivity contribution >= 4 is 21.7 Å². The number of non-ortho nitro benzene ring substituents is 1. The molecule has 9 heteroatoms. The largest absolute Gasteiger partial charge is 0.460 e. The number of carbonyl (C=O) groups is 1. The van der Waals surface area contributed by atoms with Crippen LogP contribution in [-0.4, -0.2) is 31.1 Å². The first kappa shape index (κ1) is 19.0. The number of hydrogen-bond acceptors (Lipinski definition) is 6. The number of unbranched alkanes of at least 4 members (excludes halogenated alkanes) is 1. The third-order valence-corrected chi connectivity index (χ3v) is 4.54. The molecule has 0 amide bonds. The molecular weight excluding hydrogens is 324 g/mol. The fraction of sp³-hybridized carbons (Fsp3) is 0.500. The van der Waals surface area contributed by atoms with Crippen molar-refractivity contribution < 1.29 is 22.9 Å². The minimum absolute atomic E-state index is 0.0382. The predicted molar refractivity (Wildman–Crippen MR) is 84.2 cm³/mol. The lowest BCUT2D eigenvalue weighted by Gasteiger charge is -2.13. The van der Waals surface area contributed by atoms with Crippen LogP contribution in [0.1, 0.15) is 32.3 Å². The Morgan fingerprint density at radius 2 is 1.96 bits per heavy atom. The number of esters is 1. The number of nitrogens with zero attached hydrogens (tertiary/aromatic N) is 1. The summed E-state index contributed by atoms with van der Waals surface area (Å²) in [6.45, 7) is 3.19. The molecule has 128 valence electrons. The molecule has 0 saturated heterocycles. The minimum Gasteiger partial charge on any atom is -0.460 e. The predicted octanol–water partition coefficient (Wildman–Crippen LogP) is 1.75. The Bertz CT molecular complexity index is 642. The summed E-state index contributed by atoms with van der Waals surface area (Å²) in [4.78, 5) is 21.8. The molecule has 23 heavy (non-hydrogen) atoms. The van der Waals surface area contributed by atoms with Gasteiger partial charge in [0.15, 0.2) is 0 Å². The lowest BCUT2D eigenvalue weighted by atomic mass is 10.2. The van der Waals surface area contributed by atoms with Gasteiger partial charge in [0, 0.05) is 12.1 Å². The molecule has 0 radical (unpaired) electrons. The standard InChI is InChI=1S/C14H20N2O6S/c1-3-4-9-23(20,21)15-11(2)14(17)22-10-12-5-7-13(8-6-12)16(18)19/h5-8,11,15H,3-4,9-10H2,1-2H3/t11-/m0/s1. The molecule has 0 heterocycles. The minimum atomic E-state index is -3.51. The molecule has 0 bridgehead atoms. The number of hydrogen-bond donors (Lipinski definition) is 1. The number of rotatable bonds is 9. The topological polar surface area (TPSA) is 116 Å². The molecule has 0 aliphatic rings. The van der Waals surface area contributed by atoms with Gasteiger partial charge in [0.05, 0.1) is 10.7 Å². The summed E-state index contributed by atoms with van der Waals surface area (Å²) in [7, 11) is -3.51. The second-order valence-electron chi connectivity index (χ2n) is 5.04. The summed E-state index contributed by atoms with van der Waals surface area (Å²) in [6, 6.07) is 4.57. The van der Waals surface area contributed by atoms with Gasteiger partial charge in [-0.15, -0.1) is 0 Å². The van der Waals surface area contributed by atoms with Crippen molar-refractivity contribution in [2.75, 3.05) is 5.75 Å². The van der Waals surface area contributed by atoms with Crippen LogP contribution in [0.2, 0.25) is 0 Å². The molecule has 1 aromatic carbocycles. The Labute approximate surface area is 135 Å². The van der Waals surface area contributed by atoms with Crippen LogP contribution in [0.4, 0.5) is 5.69 Å². The highest BCUT2D eigenvalue weighted by atomic mass is 32.2. The first-order chi connectivity index (χ1) is 10.7. The highest BCUT2D eigenvalue weighted by Gasteiger charge is 2.21. The van der Waals surface area contributed by atoms with Gasteiger partial charge in [0.2, 0.25) is 10.0 Å². The van der Waals surface area contributed by atoms with E-state index >= 15 is 0 Å². The van der Waals surface area contributed by atoms with E-state index in [9.17, 15) is 23.3 Å². The molecular formula is C14H20N2O6S. The second kappa shape index (κ2) is 8.59. The van der Waals surface area contributed by atoms with Crippen LogP contribution in [0.25, 0.3) is 0 Å². The molecule has 1 rings (SSSR count). The van der Waals surface area contributed by atoms with Gasteiger partial charge in [0.25, 0.3) is 5.69 Å². The van der Waals surface area contributed by atoms with E-state index in [1.54, 1.807) is 0 Å². The molecule has 0 aromatic heterocycles. The van der Waals surface area contributed by atoms with Gasteiger partial charge in [-0.05, 0) is 31.0 Å². The van der Waals surface area contributed by atoms with E-state index in [1.165, 1.54) is 31.2 Å². The summed E-state index contributed by atoms with van der Waals surface area (Å²) in [5, 5.41) is 10.5. The number of ether oxygens (including phenoxy) is 1. The summed E-state index contributed by atoms with van der Waals surface area (Å²) < 4.78 is 30.7. The van der Waals surface area contributed by atoms with Crippen LogP contribution in [0.15, 0.2) is 24.3 Å². The Morgan fingerprint density at radius 1 is 1.35 bits per heavy atom. The van der Waals surface area contributed by atoms with Crippen molar-refractivity contribution in [1.82, 2.24) is 4.72 Å². The van der Waals surface area contributed by atoms with E-state index in [4.69, 9.17) is 4.74 Å². The van der Waals surface area contributed by atoms with E-state index < -0.39 is 27.0 Å². The number of nitro benzene ring substituents is 1. The highest BCUT2D eigenvalue weighted by Crippen LogP contribution is 2.12. The van der Waals surface area contributed by atoms with Gasteiger partial charge in [-0.2, -0.15) is 0 Å². The Kier molecular flexibility index (Phi) is 7.11. The van der Waals surface area contributed by atoms with Crippen LogP contribution in [0.5, 0.6) is 0 Å². The van der Waals surface area contributed by atoms with E-state index in [0.717, 1.165) is 6.42 Å². The van der Waals surface area contributed by atoms with E-state index in [-0.39, 0.29) is 18.0 Å². The Hall–Kier alpha value is -2.00. The van der Waals surface area contributed by atoms with Crippen molar-refractivity contribution in [3.05, 3.63) is 39.9 Å². The maximum atomic E-state index is 11.8. The number of carbonyl (C=O) groups excluding carboxylic acids is 1. The van der Waals surface area contributed by atoms with E-state index in [2.05, 4.69) is 4.72 Å². The summed E-state index contributed by atoms with van der Waals surface area (Å²) in [5.41, 5.74) is 0.516. The Balaban J connectivity index is 2.50. The van der Waals surface area contributed by atoms with Gasteiger partial charge >= 0.3 is 5.97 Å². The number of sulfonamides is 1. The van der Waals surface area contributed by atoms with Crippen LogP contribution in [0.3, 0.4) is 0 Å². The van der Waals surface area contributed by atoms with Crippen molar-refractivity contribution in [2.24, 2.45) is 0 Å². The molecule has 1 N–H and O–H groups in total. The van der Waals surface area contributed by atoms with E-state index in [1.807, 2.05) is 6.92 Å². The van der Waals surface area contributed by atoms with Crippen molar-refractivity contribution in [2.45, 2.75) is 39.3 Å². The zero-order valence-corrected chi connectivity index (χ0v) is 13.8. The van der Waals surface area contributed by atoms with Crippen LogP contribution >= 0.6 is 0 Å². The van der Waals surface area contributed by atoms with E-state index in [0.29, 0.717) is 12.0 Å². The smallest absolute Gasteiger partial charge is 0.324 e. The lowest BCUT2D eigenvalue weighted by Crippen LogP contribution is -2.40. The normalized spacial score (nSPS) is 12.6. The zero-order valence-electron chi connectivity index (χ0n) is 13.0. The van der Waals surface area contributed by atoms with Crippen LogP contribution in [0, 0.1) is 10.1 Å². The quantitative estimate of drug-likeness (QED) is 0.414. The van der Waals surface area contributed by atoms with Gasteiger partial charge in [-0.3, -0.25) is 14.9 Å². The molecule has 8 nitrogen and oxygen atoms in total. The van der Waals surface area contributed by atoms with Crippen molar-refractivity contribution in [1.29, 1.82) is 0 Å². The third-order valence-electron chi connectivity index (χ3n) is 3.00. The first-order valence-corrected chi connectivity index (χ1v) is 8.80. The molecule has 0 fully saturated rings. The average molecular weight is 344 g/mol. The zero-order chi connectivity index (χ0) is 17.5. The first-order valence-electron chi connectivity index (χ1n) is 7.15. The molecule has 0 unspecified atom stereocenters. The second-order valence-corrected chi connectivity index (χ2v) is 6.92. The summed E-state index contributed by atoms with van der Waals surface area (Å²) >= 11 is 0. The van der Waals surface area contributed by atoms with Crippen LogP contribution < -0.4 is 4.72 Å². The third kappa shape index (κ3) is 6.74. The maximum Gasteiger partial charge on any atom is 0.324 e. The van der Waals surface area contributed by atoms with Crippen molar-refractivity contribution in [3.8, 4) is 0 Å². The molecule has 0 aliphatic heterocycles. The monoisotopic (exact) mass is 344 g/mol. The summed E-state index contributed by atoms with van der Waals surface area (Å²) in [6.07, 6.45) is 1.25. The van der Waals surface area contributed by atoms with Gasteiger partial charge in [-0.25, -0.2) is 13.1 Å². The fourth-order valence-corrected chi connectivity index (χ4v) is 3.13. The molecule has 0 spiro atoms. The van der Waals surface area contributed by atoms with Crippen LogP contribution in [-0.2, 0) is 26.2 Å². The molecule has 0 saturated carbocycles. The van der Waals surface area contributed by atoms with Gasteiger partial charge < -0.3 is 4.74 Å². The number of nitro groups is 1. The number of benzene rings is 1. The fourth-order valence-electron chi connectivity index (χ4n) is 1.70. The molecule has 0 aliphatic carbocycles. The maximum absolute atomic E-state index is 11.8. The SMILES string of the molecule is CCCCS(=O)(=O)N[C@@H](C)C(=O)OCc1ccc([N+](=O)[O-])cc1. The average Bonchev–Trinajstić information content (AvgIpc) is 2.50. The van der Waals surface area contributed by atoms with Gasteiger partial charge in [0.1, 0.15) is 12.6 Å². The highest BCUT2D eigenvalue weighted by molar-refractivity contribution is 7.89. The van der Waals surface area contributed by atoms with Crippen molar-refractivity contribution in [3.63, 3.8) is 0 Å². The molecule has 1 aromatic rings. The Morgan fingerprint density at radius 3 is 2.48 bits per heavy atom.